The molecule has 118 valence electrons. The molecule has 1 aromatic rings. The second-order valence-corrected chi connectivity index (χ2v) is 4.47. The number of nitrogens with one attached hydrogen (secondary N) is 2. The van der Waals surface area contributed by atoms with Gasteiger partial charge in [0, 0.05) is 26.4 Å². The van der Waals surface area contributed by atoms with Crippen LogP contribution in [0, 0.1) is 11.3 Å². The van der Waals surface area contributed by atoms with Crippen molar-refractivity contribution < 1.29 is 14.3 Å². The molecule has 0 aliphatic heterocycles. The van der Waals surface area contributed by atoms with Crippen molar-refractivity contribution >= 4 is 5.91 Å². The van der Waals surface area contributed by atoms with Gasteiger partial charge in [0.05, 0.1) is 13.7 Å². The molecule has 22 heavy (non-hydrogen) atoms. The topological polar surface area (TPSA) is 83.4 Å². The first-order valence-electron chi connectivity index (χ1n) is 6.95. The van der Waals surface area contributed by atoms with Gasteiger partial charge < -0.3 is 20.1 Å². The number of methoxy groups -OCH3 is 2. The lowest BCUT2D eigenvalue weighted by atomic mass is 10.1. The highest BCUT2D eigenvalue weighted by atomic mass is 16.5. The van der Waals surface area contributed by atoms with Gasteiger partial charge in [-0.2, -0.15) is 5.26 Å². The number of hydrogen-bond donors (Lipinski definition) is 2. The third-order valence-corrected chi connectivity index (χ3v) is 2.92. The molecule has 6 nitrogen and oxygen atoms in total. The van der Waals surface area contributed by atoms with E-state index in [1.807, 2.05) is 30.3 Å². The summed E-state index contributed by atoms with van der Waals surface area (Å²) in [4.78, 5) is 11.7. The van der Waals surface area contributed by atoms with Crippen LogP contribution in [0.1, 0.15) is 5.56 Å². The van der Waals surface area contributed by atoms with E-state index in [1.165, 1.54) is 6.20 Å². The van der Waals surface area contributed by atoms with E-state index in [0.717, 1.165) is 17.7 Å². The number of hydrogen-bond acceptors (Lipinski definition) is 5. The standard InChI is InChI=1S/C16H21N3O3/c1-21-10-9-19-16(20)14(11-17)12-18-8-7-13-3-5-15(22-2)6-4-13/h3-6,12,18H,7-10H2,1-2H3,(H,19,20)/b14-12-. The Morgan fingerprint density at radius 2 is 2.00 bits per heavy atom. The molecule has 0 atom stereocenters. The Morgan fingerprint density at radius 1 is 1.27 bits per heavy atom. The second kappa shape index (κ2) is 10.2. The SMILES string of the molecule is COCCNC(=O)/C(C#N)=C\NCCc1ccc(OC)cc1. The number of amides is 1. The summed E-state index contributed by atoms with van der Waals surface area (Å²) in [7, 11) is 3.18. The van der Waals surface area contributed by atoms with Crippen molar-refractivity contribution in [2.24, 2.45) is 0 Å². The van der Waals surface area contributed by atoms with E-state index in [9.17, 15) is 4.79 Å². The molecule has 2 N–H and O–H groups in total. The molecule has 1 rings (SSSR count). The number of carbonyl (C=O) groups is 1. The molecular formula is C16H21N3O3. The molecule has 0 saturated carbocycles. The highest BCUT2D eigenvalue weighted by molar-refractivity contribution is 5.97. The van der Waals surface area contributed by atoms with Gasteiger partial charge in [-0.25, -0.2) is 0 Å². The van der Waals surface area contributed by atoms with Crippen molar-refractivity contribution in [3.63, 3.8) is 0 Å². The summed E-state index contributed by atoms with van der Waals surface area (Å²) in [6.45, 7) is 1.42. The van der Waals surface area contributed by atoms with E-state index in [2.05, 4.69) is 10.6 Å². The Hall–Kier alpha value is -2.52. The van der Waals surface area contributed by atoms with Crippen LogP contribution in [0.5, 0.6) is 5.75 Å². The van der Waals surface area contributed by atoms with Gasteiger partial charge in [0.1, 0.15) is 17.4 Å². The van der Waals surface area contributed by atoms with E-state index in [4.69, 9.17) is 14.7 Å². The molecule has 0 spiro atoms. The number of rotatable bonds is 9. The van der Waals surface area contributed by atoms with Crippen molar-refractivity contribution in [1.82, 2.24) is 10.6 Å². The number of nitriles is 1. The Kier molecular flexibility index (Phi) is 8.16. The fraction of sp³-hybridized carbons (Fsp3) is 0.375. The van der Waals surface area contributed by atoms with Gasteiger partial charge in [0.25, 0.3) is 5.91 Å². The molecule has 1 amide bonds. The summed E-state index contributed by atoms with van der Waals surface area (Å²) in [6.07, 6.45) is 2.22. The van der Waals surface area contributed by atoms with Crippen LogP contribution in [0.2, 0.25) is 0 Å². The molecule has 0 fully saturated rings. The number of nitrogens with zero attached hydrogens (tertiary/aromatic N) is 1. The predicted molar refractivity (Wildman–Crippen MR) is 83.3 cm³/mol. The van der Waals surface area contributed by atoms with E-state index in [1.54, 1.807) is 14.2 Å². The van der Waals surface area contributed by atoms with Crippen LogP contribution < -0.4 is 15.4 Å². The van der Waals surface area contributed by atoms with Gasteiger partial charge in [-0.3, -0.25) is 4.79 Å². The Morgan fingerprint density at radius 3 is 2.59 bits per heavy atom. The van der Waals surface area contributed by atoms with Crippen LogP contribution in [0.15, 0.2) is 36.0 Å². The van der Waals surface area contributed by atoms with E-state index in [-0.39, 0.29) is 5.57 Å². The van der Waals surface area contributed by atoms with Crippen molar-refractivity contribution in [2.45, 2.75) is 6.42 Å². The molecule has 6 heteroatoms. The quantitative estimate of drug-likeness (QED) is 0.404. The molecule has 0 aliphatic carbocycles. The zero-order valence-corrected chi connectivity index (χ0v) is 12.9. The minimum Gasteiger partial charge on any atom is -0.497 e. The first-order chi connectivity index (χ1) is 10.7. The highest BCUT2D eigenvalue weighted by Gasteiger charge is 2.07. The highest BCUT2D eigenvalue weighted by Crippen LogP contribution is 2.11. The minimum absolute atomic E-state index is 0.0471. The van der Waals surface area contributed by atoms with Crippen LogP contribution in [0.25, 0.3) is 0 Å². The van der Waals surface area contributed by atoms with Gasteiger partial charge in [-0.1, -0.05) is 12.1 Å². The normalized spacial score (nSPS) is 10.7. The lowest BCUT2D eigenvalue weighted by Crippen LogP contribution is -2.28. The summed E-state index contributed by atoms with van der Waals surface area (Å²) in [5.74, 6) is 0.410. The van der Waals surface area contributed by atoms with Crippen molar-refractivity contribution in [3.8, 4) is 11.8 Å². The van der Waals surface area contributed by atoms with Gasteiger partial charge >= 0.3 is 0 Å². The maximum atomic E-state index is 11.7. The smallest absolute Gasteiger partial charge is 0.263 e. The Balaban J connectivity index is 2.38. The van der Waals surface area contributed by atoms with Crippen LogP contribution in [-0.2, 0) is 16.0 Å². The first kappa shape index (κ1) is 17.5. The monoisotopic (exact) mass is 303 g/mol. The molecule has 0 bridgehead atoms. The van der Waals surface area contributed by atoms with Crippen molar-refractivity contribution in [1.29, 1.82) is 5.26 Å². The third kappa shape index (κ3) is 6.29. The van der Waals surface area contributed by atoms with Crippen molar-refractivity contribution in [2.75, 3.05) is 33.9 Å². The average molecular weight is 303 g/mol. The van der Waals surface area contributed by atoms with Crippen molar-refractivity contribution in [3.05, 3.63) is 41.6 Å². The first-order valence-corrected chi connectivity index (χ1v) is 6.95. The molecular weight excluding hydrogens is 282 g/mol. The van der Waals surface area contributed by atoms with E-state index >= 15 is 0 Å². The number of carbonyl (C=O) groups excluding carboxylic acids is 1. The lowest BCUT2D eigenvalue weighted by molar-refractivity contribution is -0.117. The summed E-state index contributed by atoms with van der Waals surface area (Å²) >= 11 is 0. The molecule has 0 aromatic heterocycles. The zero-order valence-electron chi connectivity index (χ0n) is 12.9. The maximum absolute atomic E-state index is 11.7. The van der Waals surface area contributed by atoms with Gasteiger partial charge in [0.15, 0.2) is 0 Å². The van der Waals surface area contributed by atoms with Crippen LogP contribution in [0.3, 0.4) is 0 Å². The van der Waals surface area contributed by atoms with Gasteiger partial charge in [-0.15, -0.1) is 0 Å². The van der Waals surface area contributed by atoms with Crippen LogP contribution in [0.4, 0.5) is 0 Å². The van der Waals surface area contributed by atoms with Gasteiger partial charge in [-0.05, 0) is 24.1 Å². The minimum atomic E-state index is -0.406. The molecule has 0 unspecified atom stereocenters. The summed E-state index contributed by atoms with van der Waals surface area (Å²) in [6, 6.07) is 9.63. The summed E-state index contributed by atoms with van der Waals surface area (Å²) < 4.78 is 9.92. The molecule has 0 heterocycles. The fourth-order valence-corrected chi connectivity index (χ4v) is 1.69. The average Bonchev–Trinajstić information content (AvgIpc) is 2.55. The zero-order chi connectivity index (χ0) is 16.2. The van der Waals surface area contributed by atoms with E-state index < -0.39 is 5.91 Å². The molecule has 0 aliphatic rings. The third-order valence-electron chi connectivity index (χ3n) is 2.92. The fourth-order valence-electron chi connectivity index (χ4n) is 1.69. The molecule has 0 saturated heterocycles. The lowest BCUT2D eigenvalue weighted by Gasteiger charge is -2.05. The summed E-state index contributed by atoms with van der Waals surface area (Å²) in [5.41, 5.74) is 1.19. The molecule has 1 aromatic carbocycles. The Labute approximate surface area is 130 Å². The largest absolute Gasteiger partial charge is 0.497 e. The molecule has 0 radical (unpaired) electrons. The second-order valence-electron chi connectivity index (χ2n) is 4.47. The van der Waals surface area contributed by atoms with Crippen LogP contribution >= 0.6 is 0 Å². The Bertz CT molecular complexity index is 533. The van der Waals surface area contributed by atoms with E-state index in [0.29, 0.717) is 19.7 Å². The predicted octanol–water partition coefficient (Wildman–Crippen LogP) is 0.997. The van der Waals surface area contributed by atoms with Crippen LogP contribution in [-0.4, -0.2) is 39.8 Å². The number of benzene rings is 1. The maximum Gasteiger partial charge on any atom is 0.263 e. The van der Waals surface area contributed by atoms with Gasteiger partial charge in [0.2, 0.25) is 0 Å². The summed E-state index contributed by atoms with van der Waals surface area (Å²) in [5, 5.41) is 14.5. The number of ether oxygens (including phenoxy) is 2.